The van der Waals surface area contributed by atoms with Crippen molar-refractivity contribution >= 4 is 11.8 Å². The maximum atomic E-state index is 12.9. The van der Waals surface area contributed by atoms with Crippen LogP contribution in [0, 0.1) is 5.92 Å². The van der Waals surface area contributed by atoms with Crippen LogP contribution in [-0.4, -0.2) is 66.3 Å². The largest absolute Gasteiger partial charge is 0.347 e. The second-order valence-corrected chi connectivity index (χ2v) is 8.03. The summed E-state index contributed by atoms with van der Waals surface area (Å²) in [6, 6.07) is 0.359. The van der Waals surface area contributed by atoms with Gasteiger partial charge >= 0.3 is 0 Å². The monoisotopic (exact) mass is 350 g/mol. The van der Waals surface area contributed by atoms with Crippen LogP contribution in [0.4, 0.5) is 0 Å². The minimum Gasteiger partial charge on any atom is -0.347 e. The topological polar surface area (TPSA) is 59.1 Å². The minimum absolute atomic E-state index is 0.150. The summed E-state index contributed by atoms with van der Waals surface area (Å²) in [5, 5.41) is 0. The maximum absolute atomic E-state index is 12.9. The highest BCUT2D eigenvalue weighted by Gasteiger charge is 2.44. The number of carbonyl (C=O) groups is 2. The Morgan fingerprint density at radius 1 is 1.00 bits per heavy atom. The van der Waals surface area contributed by atoms with Gasteiger partial charge in [0.1, 0.15) is 0 Å². The van der Waals surface area contributed by atoms with E-state index in [1.165, 1.54) is 25.7 Å². The second kappa shape index (κ2) is 7.23. The van der Waals surface area contributed by atoms with Gasteiger partial charge in [-0.05, 0) is 12.8 Å². The molecule has 0 aromatic rings. The molecule has 1 unspecified atom stereocenters. The van der Waals surface area contributed by atoms with Crippen molar-refractivity contribution in [2.45, 2.75) is 69.6 Å². The van der Waals surface area contributed by atoms with E-state index in [0.717, 1.165) is 25.7 Å². The number of hydrogen-bond acceptors (Lipinski definition) is 4. The highest BCUT2D eigenvalue weighted by atomic mass is 16.7. The van der Waals surface area contributed by atoms with Crippen molar-refractivity contribution in [1.29, 1.82) is 0 Å². The molecule has 140 valence electrons. The van der Waals surface area contributed by atoms with Crippen LogP contribution >= 0.6 is 0 Å². The first-order valence-corrected chi connectivity index (χ1v) is 10.0. The van der Waals surface area contributed by atoms with Gasteiger partial charge in [0, 0.05) is 44.9 Å². The molecule has 1 aliphatic carbocycles. The third-order valence-electron chi connectivity index (χ3n) is 6.42. The van der Waals surface area contributed by atoms with Crippen molar-refractivity contribution in [3.8, 4) is 0 Å². The molecule has 3 aliphatic heterocycles. The summed E-state index contributed by atoms with van der Waals surface area (Å²) in [6.07, 6.45) is 9.06. The third-order valence-corrected chi connectivity index (χ3v) is 6.42. The van der Waals surface area contributed by atoms with Crippen molar-refractivity contribution in [3.05, 3.63) is 0 Å². The number of nitrogens with zero attached hydrogens (tertiary/aromatic N) is 2. The maximum Gasteiger partial charge on any atom is 0.228 e. The third kappa shape index (κ3) is 3.56. The van der Waals surface area contributed by atoms with E-state index in [1.807, 2.05) is 9.80 Å². The number of piperidine rings is 1. The zero-order valence-electron chi connectivity index (χ0n) is 15.1. The second-order valence-electron chi connectivity index (χ2n) is 8.03. The van der Waals surface area contributed by atoms with Crippen molar-refractivity contribution in [1.82, 2.24) is 9.80 Å². The number of carbonyl (C=O) groups excluding carboxylic acids is 2. The molecular formula is C19H30N2O4. The smallest absolute Gasteiger partial charge is 0.228 e. The summed E-state index contributed by atoms with van der Waals surface area (Å²) in [6.45, 7) is 3.28. The molecule has 25 heavy (non-hydrogen) atoms. The lowest BCUT2D eigenvalue weighted by molar-refractivity contribution is -0.188. The molecule has 4 aliphatic rings. The average Bonchev–Trinajstić information content (AvgIpc) is 3.13. The zero-order chi connectivity index (χ0) is 17.3. The highest BCUT2D eigenvalue weighted by Crippen LogP contribution is 2.33. The molecule has 2 amide bonds. The zero-order valence-corrected chi connectivity index (χ0v) is 15.1. The molecular weight excluding hydrogens is 320 g/mol. The summed E-state index contributed by atoms with van der Waals surface area (Å²) >= 11 is 0. The standard InChI is InChI=1S/C19H30N2O4/c22-17-13-15(14-21(17)16-5-3-1-2-4-6-16)18(23)20-9-7-19(8-10-20)24-11-12-25-19/h15-16H,1-14H2. The summed E-state index contributed by atoms with van der Waals surface area (Å²) in [7, 11) is 0. The molecule has 0 aromatic carbocycles. The Bertz CT molecular complexity index is 500. The van der Waals surface area contributed by atoms with Crippen molar-refractivity contribution < 1.29 is 19.1 Å². The first-order valence-electron chi connectivity index (χ1n) is 10.0. The summed E-state index contributed by atoms with van der Waals surface area (Å²) in [5.41, 5.74) is 0. The van der Waals surface area contributed by atoms with Gasteiger partial charge in [-0.2, -0.15) is 0 Å². The normalized spacial score (nSPS) is 30.9. The van der Waals surface area contributed by atoms with E-state index in [9.17, 15) is 9.59 Å². The van der Waals surface area contributed by atoms with Crippen LogP contribution in [0.3, 0.4) is 0 Å². The van der Waals surface area contributed by atoms with Gasteiger partial charge in [-0.25, -0.2) is 0 Å². The highest BCUT2D eigenvalue weighted by molar-refractivity contribution is 5.89. The number of likely N-dealkylation sites (tertiary alicyclic amines) is 2. The lowest BCUT2D eigenvalue weighted by atomic mass is 10.0. The molecule has 0 N–H and O–H groups in total. The number of rotatable bonds is 2. The summed E-state index contributed by atoms with van der Waals surface area (Å²) in [5.74, 6) is -0.275. The Labute approximate surface area is 149 Å². The lowest BCUT2D eigenvalue weighted by Gasteiger charge is -2.38. The Hall–Kier alpha value is -1.14. The van der Waals surface area contributed by atoms with Gasteiger partial charge < -0.3 is 19.3 Å². The van der Waals surface area contributed by atoms with Crippen LogP contribution in [0.2, 0.25) is 0 Å². The van der Waals surface area contributed by atoms with Gasteiger partial charge in [0.2, 0.25) is 11.8 Å². The van der Waals surface area contributed by atoms with Crippen molar-refractivity contribution in [2.75, 3.05) is 32.8 Å². The van der Waals surface area contributed by atoms with Gasteiger partial charge in [0.15, 0.2) is 5.79 Å². The molecule has 4 rings (SSSR count). The predicted octanol–water partition coefficient (Wildman–Crippen LogP) is 1.92. The molecule has 3 saturated heterocycles. The average molecular weight is 350 g/mol. The van der Waals surface area contributed by atoms with Gasteiger partial charge in [0.25, 0.3) is 0 Å². The van der Waals surface area contributed by atoms with E-state index < -0.39 is 5.79 Å². The molecule has 1 saturated carbocycles. The first-order chi connectivity index (χ1) is 12.2. The van der Waals surface area contributed by atoms with Crippen LogP contribution in [0.5, 0.6) is 0 Å². The van der Waals surface area contributed by atoms with Crippen LogP contribution in [-0.2, 0) is 19.1 Å². The van der Waals surface area contributed by atoms with E-state index in [0.29, 0.717) is 45.3 Å². The Kier molecular flexibility index (Phi) is 5.00. The fraction of sp³-hybridized carbons (Fsp3) is 0.895. The van der Waals surface area contributed by atoms with Gasteiger partial charge in [-0.3, -0.25) is 9.59 Å². The Morgan fingerprint density at radius 3 is 2.28 bits per heavy atom. The number of amides is 2. The molecule has 3 heterocycles. The van der Waals surface area contributed by atoms with Gasteiger partial charge in [0.05, 0.1) is 19.1 Å². The molecule has 6 heteroatoms. The van der Waals surface area contributed by atoms with Crippen LogP contribution in [0.1, 0.15) is 57.8 Å². The lowest BCUT2D eigenvalue weighted by Crippen LogP contribution is -2.49. The van der Waals surface area contributed by atoms with Gasteiger partial charge in [-0.1, -0.05) is 25.7 Å². The molecule has 1 atom stereocenters. The molecule has 6 nitrogen and oxygen atoms in total. The van der Waals surface area contributed by atoms with Crippen LogP contribution in [0.25, 0.3) is 0 Å². The van der Waals surface area contributed by atoms with Crippen LogP contribution in [0.15, 0.2) is 0 Å². The quantitative estimate of drug-likeness (QED) is 0.714. The molecule has 1 spiro atoms. The fourth-order valence-corrected chi connectivity index (χ4v) is 4.93. The fourth-order valence-electron chi connectivity index (χ4n) is 4.93. The van der Waals surface area contributed by atoms with E-state index in [1.54, 1.807) is 0 Å². The van der Waals surface area contributed by atoms with Crippen molar-refractivity contribution in [3.63, 3.8) is 0 Å². The van der Waals surface area contributed by atoms with E-state index in [-0.39, 0.29) is 17.7 Å². The number of hydrogen-bond donors (Lipinski definition) is 0. The van der Waals surface area contributed by atoms with Crippen molar-refractivity contribution in [2.24, 2.45) is 5.92 Å². The van der Waals surface area contributed by atoms with E-state index in [4.69, 9.17) is 9.47 Å². The van der Waals surface area contributed by atoms with E-state index in [2.05, 4.69) is 0 Å². The van der Waals surface area contributed by atoms with Crippen LogP contribution < -0.4 is 0 Å². The Balaban J connectivity index is 1.33. The predicted molar refractivity (Wildman–Crippen MR) is 91.8 cm³/mol. The molecule has 4 fully saturated rings. The van der Waals surface area contributed by atoms with Gasteiger partial charge in [-0.15, -0.1) is 0 Å². The molecule has 0 radical (unpaired) electrons. The van der Waals surface area contributed by atoms with E-state index >= 15 is 0 Å². The SMILES string of the molecule is O=C(C1CC(=O)N(C2CCCCCC2)C1)N1CCC2(CC1)OCCO2. The molecule has 0 aromatic heterocycles. The summed E-state index contributed by atoms with van der Waals surface area (Å²) in [4.78, 5) is 29.4. The first kappa shape index (κ1) is 17.3. The molecule has 0 bridgehead atoms. The number of ether oxygens (including phenoxy) is 2. The minimum atomic E-state index is -0.450. The Morgan fingerprint density at radius 2 is 1.64 bits per heavy atom. The summed E-state index contributed by atoms with van der Waals surface area (Å²) < 4.78 is 11.5.